The molecule has 0 bridgehead atoms. The summed E-state index contributed by atoms with van der Waals surface area (Å²) in [5.74, 6) is 0.892. The van der Waals surface area contributed by atoms with Gasteiger partial charge in [-0.3, -0.25) is 4.90 Å². The molecule has 0 spiro atoms. The largest absolute Gasteiger partial charge is 0.475 e. The monoisotopic (exact) mass is 385 g/mol. The molecule has 0 aliphatic rings. The van der Waals surface area contributed by atoms with Crippen molar-refractivity contribution in [1.82, 2.24) is 4.90 Å². The third-order valence-corrected chi connectivity index (χ3v) is 5.28. The predicted molar refractivity (Wildman–Crippen MR) is 123 cm³/mol. The van der Waals surface area contributed by atoms with Gasteiger partial charge in [0.15, 0.2) is 0 Å². The maximum atomic E-state index is 6.01. The van der Waals surface area contributed by atoms with Crippen LogP contribution in [0.3, 0.4) is 0 Å². The maximum Gasteiger partial charge on any atom is 0.149 e. The van der Waals surface area contributed by atoms with Crippen LogP contribution in [0, 0.1) is 0 Å². The molecule has 2 heteroatoms. The van der Waals surface area contributed by atoms with Gasteiger partial charge in [-0.05, 0) is 68.3 Å². The van der Waals surface area contributed by atoms with E-state index < -0.39 is 0 Å². The summed E-state index contributed by atoms with van der Waals surface area (Å²) in [5, 5.41) is 0. The maximum absolute atomic E-state index is 6.01. The van der Waals surface area contributed by atoms with Crippen LogP contribution >= 0.6 is 0 Å². The van der Waals surface area contributed by atoms with E-state index in [1.807, 2.05) is 14.1 Å². The van der Waals surface area contributed by atoms with Crippen LogP contribution in [0.15, 0.2) is 90.5 Å². The molecule has 3 rings (SSSR count). The molecule has 0 radical (unpaired) electrons. The van der Waals surface area contributed by atoms with Crippen LogP contribution in [-0.4, -0.2) is 25.2 Å². The first-order valence-corrected chi connectivity index (χ1v) is 10.3. The quantitative estimate of drug-likeness (QED) is 0.414. The molecule has 0 aromatic heterocycles. The molecule has 0 aliphatic carbocycles. The Morgan fingerprint density at radius 3 is 1.90 bits per heavy atom. The molecule has 29 heavy (non-hydrogen) atoms. The number of allylic oxidation sites excluding steroid dienone is 1. The van der Waals surface area contributed by atoms with Crippen molar-refractivity contribution in [2.75, 3.05) is 14.1 Å². The van der Waals surface area contributed by atoms with Gasteiger partial charge in [0.05, 0.1) is 0 Å². The zero-order valence-electron chi connectivity index (χ0n) is 17.9. The van der Waals surface area contributed by atoms with E-state index in [9.17, 15) is 0 Å². The average Bonchev–Trinajstić information content (AvgIpc) is 2.75. The fraction of sp³-hybridized carbons (Fsp3) is 0.259. The minimum absolute atomic E-state index is 0.0364. The van der Waals surface area contributed by atoms with Crippen molar-refractivity contribution in [2.24, 2.45) is 0 Å². The van der Waals surface area contributed by atoms with Gasteiger partial charge < -0.3 is 4.74 Å². The lowest BCUT2D eigenvalue weighted by Gasteiger charge is -2.21. The molecular formula is C27H31NO. The molecule has 0 saturated heterocycles. The van der Waals surface area contributed by atoms with Crippen molar-refractivity contribution in [3.63, 3.8) is 0 Å². The van der Waals surface area contributed by atoms with E-state index in [1.165, 1.54) is 27.8 Å². The zero-order valence-corrected chi connectivity index (χ0v) is 17.9. The van der Waals surface area contributed by atoms with Crippen LogP contribution in [0.1, 0.15) is 37.0 Å². The number of hydrogen-bond acceptors (Lipinski definition) is 2. The number of ether oxygens (including phenoxy) is 1. The van der Waals surface area contributed by atoms with Crippen LogP contribution in [0.2, 0.25) is 0 Å². The van der Waals surface area contributed by atoms with Crippen molar-refractivity contribution in [1.29, 1.82) is 0 Å². The Morgan fingerprint density at radius 1 is 0.793 bits per heavy atom. The molecule has 3 aromatic rings. The Balaban J connectivity index is 1.99. The SMILES string of the molecule is CC/C(Cc1ccccc1)=C(\c1ccccc1)c1ccc(OC(C)N(C)C)cc1. The highest BCUT2D eigenvalue weighted by atomic mass is 16.5. The first-order valence-electron chi connectivity index (χ1n) is 10.3. The first kappa shape index (κ1) is 20.9. The lowest BCUT2D eigenvalue weighted by Crippen LogP contribution is -2.30. The van der Waals surface area contributed by atoms with E-state index in [0.29, 0.717) is 0 Å². The second kappa shape index (κ2) is 10.1. The lowest BCUT2D eigenvalue weighted by atomic mass is 9.88. The van der Waals surface area contributed by atoms with Crippen molar-refractivity contribution in [2.45, 2.75) is 32.9 Å². The van der Waals surface area contributed by atoms with Gasteiger partial charge in [-0.25, -0.2) is 0 Å². The fourth-order valence-corrected chi connectivity index (χ4v) is 3.41. The highest BCUT2D eigenvalue weighted by molar-refractivity contribution is 5.82. The molecule has 0 fully saturated rings. The number of nitrogens with zero attached hydrogens (tertiary/aromatic N) is 1. The van der Waals surface area contributed by atoms with Crippen LogP contribution in [-0.2, 0) is 6.42 Å². The smallest absolute Gasteiger partial charge is 0.149 e. The summed E-state index contributed by atoms with van der Waals surface area (Å²) in [4.78, 5) is 2.05. The molecule has 0 heterocycles. The minimum Gasteiger partial charge on any atom is -0.475 e. The summed E-state index contributed by atoms with van der Waals surface area (Å²) < 4.78 is 6.01. The molecule has 3 aromatic carbocycles. The van der Waals surface area contributed by atoms with Crippen LogP contribution in [0.4, 0.5) is 0 Å². The molecule has 0 saturated carbocycles. The summed E-state index contributed by atoms with van der Waals surface area (Å²) >= 11 is 0. The second-order valence-corrected chi connectivity index (χ2v) is 7.57. The minimum atomic E-state index is 0.0364. The van der Waals surface area contributed by atoms with Crippen LogP contribution < -0.4 is 4.74 Å². The molecule has 0 N–H and O–H groups in total. The summed E-state index contributed by atoms with van der Waals surface area (Å²) in [5.41, 5.74) is 6.60. The number of rotatable bonds is 8. The summed E-state index contributed by atoms with van der Waals surface area (Å²) in [6, 6.07) is 29.9. The Hall–Kier alpha value is -2.84. The third kappa shape index (κ3) is 5.58. The zero-order chi connectivity index (χ0) is 20.6. The van der Waals surface area contributed by atoms with Crippen molar-refractivity contribution in [3.05, 3.63) is 107 Å². The number of benzene rings is 3. The van der Waals surface area contributed by atoms with E-state index in [0.717, 1.165) is 18.6 Å². The highest BCUT2D eigenvalue weighted by Crippen LogP contribution is 2.31. The normalized spacial score (nSPS) is 13.1. The summed E-state index contributed by atoms with van der Waals surface area (Å²) in [7, 11) is 4.04. The Labute approximate surface area is 175 Å². The topological polar surface area (TPSA) is 12.5 Å². The summed E-state index contributed by atoms with van der Waals surface area (Å²) in [6.45, 7) is 4.30. The molecule has 1 unspecified atom stereocenters. The van der Waals surface area contributed by atoms with E-state index in [2.05, 4.69) is 104 Å². The Morgan fingerprint density at radius 2 is 1.34 bits per heavy atom. The third-order valence-electron chi connectivity index (χ3n) is 5.28. The highest BCUT2D eigenvalue weighted by Gasteiger charge is 2.13. The molecule has 2 nitrogen and oxygen atoms in total. The predicted octanol–water partition coefficient (Wildman–Crippen LogP) is 6.43. The van der Waals surface area contributed by atoms with Gasteiger partial charge in [-0.2, -0.15) is 0 Å². The average molecular weight is 386 g/mol. The Bertz CT molecular complexity index is 912. The Kier molecular flexibility index (Phi) is 7.26. The van der Waals surface area contributed by atoms with Gasteiger partial charge in [0.2, 0.25) is 0 Å². The van der Waals surface area contributed by atoms with Crippen molar-refractivity contribution >= 4 is 5.57 Å². The van der Waals surface area contributed by atoms with E-state index >= 15 is 0 Å². The lowest BCUT2D eigenvalue weighted by molar-refractivity contribution is 0.0815. The number of hydrogen-bond donors (Lipinski definition) is 0. The standard InChI is InChI=1S/C27H31NO/c1-5-23(20-22-12-8-6-9-13-22)27(24-14-10-7-11-15-24)25-16-18-26(19-17-25)29-21(2)28(3)4/h6-19,21H,5,20H2,1-4H3/b27-23-. The van der Waals surface area contributed by atoms with Gasteiger partial charge in [-0.15, -0.1) is 0 Å². The van der Waals surface area contributed by atoms with Crippen LogP contribution in [0.25, 0.3) is 5.57 Å². The van der Waals surface area contributed by atoms with E-state index in [4.69, 9.17) is 4.74 Å². The first-order chi connectivity index (χ1) is 14.1. The molecule has 0 aliphatic heterocycles. The van der Waals surface area contributed by atoms with Gasteiger partial charge in [0.25, 0.3) is 0 Å². The van der Waals surface area contributed by atoms with Crippen LogP contribution in [0.5, 0.6) is 5.75 Å². The van der Waals surface area contributed by atoms with Gasteiger partial charge in [0, 0.05) is 0 Å². The van der Waals surface area contributed by atoms with Crippen molar-refractivity contribution in [3.8, 4) is 5.75 Å². The molecular weight excluding hydrogens is 354 g/mol. The molecule has 0 amide bonds. The second-order valence-electron chi connectivity index (χ2n) is 7.57. The van der Waals surface area contributed by atoms with E-state index in [-0.39, 0.29) is 6.23 Å². The van der Waals surface area contributed by atoms with Gasteiger partial charge in [0.1, 0.15) is 12.0 Å². The van der Waals surface area contributed by atoms with Crippen molar-refractivity contribution < 1.29 is 4.74 Å². The molecule has 1 atom stereocenters. The molecule has 150 valence electrons. The summed E-state index contributed by atoms with van der Waals surface area (Å²) in [6.07, 6.45) is 2.00. The fourth-order valence-electron chi connectivity index (χ4n) is 3.41. The van der Waals surface area contributed by atoms with Gasteiger partial charge >= 0.3 is 0 Å². The van der Waals surface area contributed by atoms with E-state index in [1.54, 1.807) is 0 Å². The van der Waals surface area contributed by atoms with Gasteiger partial charge in [-0.1, -0.05) is 85.3 Å².